The summed E-state index contributed by atoms with van der Waals surface area (Å²) in [7, 11) is 0. The van der Waals surface area contributed by atoms with Gasteiger partial charge in [-0.1, -0.05) is 17.7 Å². The Hall–Kier alpha value is -1.10. The second kappa shape index (κ2) is 5.69. The van der Waals surface area contributed by atoms with Crippen LogP contribution in [0.1, 0.15) is 11.1 Å². The van der Waals surface area contributed by atoms with E-state index in [1.54, 1.807) is 0 Å². The first-order valence-electron chi connectivity index (χ1n) is 5.94. The van der Waals surface area contributed by atoms with Gasteiger partial charge in [0.15, 0.2) is 0 Å². The van der Waals surface area contributed by atoms with Crippen LogP contribution in [0.5, 0.6) is 0 Å². The largest absolute Gasteiger partial charge is 0.367 e. The summed E-state index contributed by atoms with van der Waals surface area (Å²) < 4.78 is 5.32. The SMILES string of the molecule is Cc1cc(Cl)ccc1CN1CCO[C@H](C(N)=O)C1. The van der Waals surface area contributed by atoms with Crippen LogP contribution in [0, 0.1) is 6.92 Å². The van der Waals surface area contributed by atoms with E-state index in [2.05, 4.69) is 4.90 Å². The van der Waals surface area contributed by atoms with Gasteiger partial charge in [-0.25, -0.2) is 0 Å². The molecule has 0 aliphatic carbocycles. The highest BCUT2D eigenvalue weighted by molar-refractivity contribution is 6.30. The average Bonchev–Trinajstić information content (AvgIpc) is 2.33. The maximum Gasteiger partial charge on any atom is 0.247 e. The molecule has 0 spiro atoms. The second-order valence-corrected chi connectivity index (χ2v) is 5.00. The minimum absolute atomic E-state index is 0.396. The zero-order chi connectivity index (χ0) is 13.1. The van der Waals surface area contributed by atoms with Crippen molar-refractivity contribution < 1.29 is 9.53 Å². The molecule has 1 amide bonds. The average molecular weight is 269 g/mol. The molecule has 98 valence electrons. The van der Waals surface area contributed by atoms with E-state index < -0.39 is 12.0 Å². The van der Waals surface area contributed by atoms with E-state index in [0.717, 1.165) is 23.7 Å². The number of nitrogens with zero attached hydrogens (tertiary/aromatic N) is 1. The molecule has 1 aromatic carbocycles. The van der Waals surface area contributed by atoms with Gasteiger partial charge in [-0.3, -0.25) is 9.69 Å². The molecule has 2 rings (SSSR count). The molecule has 1 saturated heterocycles. The Labute approximate surface area is 112 Å². The number of carbonyl (C=O) groups is 1. The fraction of sp³-hybridized carbons (Fsp3) is 0.462. The van der Waals surface area contributed by atoms with Crippen molar-refractivity contribution in [2.24, 2.45) is 5.73 Å². The Morgan fingerprint density at radius 3 is 3.06 bits per heavy atom. The van der Waals surface area contributed by atoms with E-state index in [9.17, 15) is 4.79 Å². The standard InChI is InChI=1S/C13H17ClN2O2/c1-9-6-11(14)3-2-10(9)7-16-4-5-18-12(8-16)13(15)17/h2-3,6,12H,4-5,7-8H2,1H3,(H2,15,17)/t12-/m0/s1. The third-order valence-electron chi connectivity index (χ3n) is 3.17. The lowest BCUT2D eigenvalue weighted by atomic mass is 10.1. The van der Waals surface area contributed by atoms with Gasteiger partial charge in [-0.2, -0.15) is 0 Å². The number of halogens is 1. The van der Waals surface area contributed by atoms with Gasteiger partial charge in [-0.15, -0.1) is 0 Å². The first-order chi connectivity index (χ1) is 8.56. The summed E-state index contributed by atoms with van der Waals surface area (Å²) in [5.74, 6) is -0.396. The number of hydrogen-bond acceptors (Lipinski definition) is 3. The van der Waals surface area contributed by atoms with Crippen molar-refractivity contribution in [3.05, 3.63) is 34.3 Å². The first-order valence-corrected chi connectivity index (χ1v) is 6.32. The van der Waals surface area contributed by atoms with Gasteiger partial charge in [0, 0.05) is 24.7 Å². The Bertz CT molecular complexity index is 451. The maximum absolute atomic E-state index is 11.1. The fourth-order valence-corrected chi connectivity index (χ4v) is 2.32. The van der Waals surface area contributed by atoms with Crippen LogP contribution in [0.25, 0.3) is 0 Å². The fourth-order valence-electron chi connectivity index (χ4n) is 2.10. The van der Waals surface area contributed by atoms with E-state index in [1.807, 2.05) is 25.1 Å². The van der Waals surface area contributed by atoms with E-state index in [-0.39, 0.29) is 0 Å². The third-order valence-corrected chi connectivity index (χ3v) is 3.40. The summed E-state index contributed by atoms with van der Waals surface area (Å²) in [4.78, 5) is 13.3. The molecule has 1 aliphatic heterocycles. The molecule has 1 aliphatic rings. The van der Waals surface area contributed by atoms with E-state index in [4.69, 9.17) is 22.1 Å². The van der Waals surface area contributed by atoms with E-state index >= 15 is 0 Å². The van der Waals surface area contributed by atoms with Crippen LogP contribution in [-0.4, -0.2) is 36.6 Å². The Kier molecular flexibility index (Phi) is 4.22. The summed E-state index contributed by atoms with van der Waals surface area (Å²) >= 11 is 5.93. The lowest BCUT2D eigenvalue weighted by molar-refractivity contribution is -0.135. The zero-order valence-corrected chi connectivity index (χ0v) is 11.1. The number of ether oxygens (including phenoxy) is 1. The van der Waals surface area contributed by atoms with Crippen molar-refractivity contribution in [3.8, 4) is 0 Å². The number of primary amides is 1. The van der Waals surface area contributed by atoms with Gasteiger partial charge in [0.25, 0.3) is 0 Å². The van der Waals surface area contributed by atoms with Crippen LogP contribution >= 0.6 is 11.6 Å². The second-order valence-electron chi connectivity index (χ2n) is 4.57. The van der Waals surface area contributed by atoms with Crippen LogP contribution < -0.4 is 5.73 Å². The summed E-state index contributed by atoms with van der Waals surface area (Å²) in [6.45, 7) is 4.73. The van der Waals surface area contributed by atoms with Crippen molar-refractivity contribution in [1.82, 2.24) is 4.90 Å². The number of carbonyl (C=O) groups excluding carboxylic acids is 1. The number of amides is 1. The number of nitrogens with two attached hydrogens (primary N) is 1. The molecule has 5 heteroatoms. The first kappa shape index (κ1) is 13.3. The Morgan fingerprint density at radius 1 is 1.61 bits per heavy atom. The third kappa shape index (κ3) is 3.22. The highest BCUT2D eigenvalue weighted by Crippen LogP contribution is 2.18. The van der Waals surface area contributed by atoms with Crippen LogP contribution in [0.3, 0.4) is 0 Å². The highest BCUT2D eigenvalue weighted by Gasteiger charge is 2.24. The summed E-state index contributed by atoms with van der Waals surface area (Å²) in [5, 5.41) is 0.744. The number of aryl methyl sites for hydroxylation is 1. The van der Waals surface area contributed by atoms with Crippen molar-refractivity contribution >= 4 is 17.5 Å². The normalized spacial score (nSPS) is 20.9. The minimum Gasteiger partial charge on any atom is -0.367 e. The lowest BCUT2D eigenvalue weighted by Crippen LogP contribution is -2.47. The molecule has 1 aromatic rings. The monoisotopic (exact) mass is 268 g/mol. The molecule has 0 bridgehead atoms. The van der Waals surface area contributed by atoms with E-state index in [0.29, 0.717) is 13.2 Å². The summed E-state index contributed by atoms with van der Waals surface area (Å²) in [5.41, 5.74) is 7.63. The highest BCUT2D eigenvalue weighted by atomic mass is 35.5. The minimum atomic E-state index is -0.494. The molecule has 1 heterocycles. The van der Waals surface area contributed by atoms with Crippen LogP contribution in [0.2, 0.25) is 5.02 Å². The number of benzene rings is 1. The molecule has 1 fully saturated rings. The molecule has 0 saturated carbocycles. The molecular weight excluding hydrogens is 252 g/mol. The van der Waals surface area contributed by atoms with Crippen molar-refractivity contribution in [2.45, 2.75) is 19.6 Å². The molecular formula is C13H17ClN2O2. The number of rotatable bonds is 3. The maximum atomic E-state index is 11.1. The summed E-state index contributed by atoms with van der Waals surface area (Å²) in [6, 6.07) is 5.85. The summed E-state index contributed by atoms with van der Waals surface area (Å²) in [6.07, 6.45) is -0.494. The van der Waals surface area contributed by atoms with Crippen LogP contribution in [0.15, 0.2) is 18.2 Å². The topological polar surface area (TPSA) is 55.6 Å². The molecule has 0 radical (unpaired) electrons. The Morgan fingerprint density at radius 2 is 2.39 bits per heavy atom. The van der Waals surface area contributed by atoms with Gasteiger partial charge in [0.1, 0.15) is 6.10 Å². The zero-order valence-electron chi connectivity index (χ0n) is 10.4. The quantitative estimate of drug-likeness (QED) is 0.900. The van der Waals surface area contributed by atoms with Gasteiger partial charge in [0.05, 0.1) is 6.61 Å². The molecule has 0 aromatic heterocycles. The van der Waals surface area contributed by atoms with Crippen molar-refractivity contribution in [2.75, 3.05) is 19.7 Å². The molecule has 1 atom stereocenters. The molecule has 4 nitrogen and oxygen atoms in total. The van der Waals surface area contributed by atoms with Crippen LogP contribution in [0.4, 0.5) is 0 Å². The van der Waals surface area contributed by atoms with Gasteiger partial charge >= 0.3 is 0 Å². The van der Waals surface area contributed by atoms with Gasteiger partial charge in [-0.05, 0) is 30.2 Å². The van der Waals surface area contributed by atoms with Gasteiger partial charge < -0.3 is 10.5 Å². The number of hydrogen-bond donors (Lipinski definition) is 1. The Balaban J connectivity index is 2.02. The van der Waals surface area contributed by atoms with Gasteiger partial charge in [0.2, 0.25) is 5.91 Å². The lowest BCUT2D eigenvalue weighted by Gasteiger charge is -2.31. The molecule has 18 heavy (non-hydrogen) atoms. The molecule has 2 N–H and O–H groups in total. The van der Waals surface area contributed by atoms with Crippen molar-refractivity contribution in [1.29, 1.82) is 0 Å². The van der Waals surface area contributed by atoms with E-state index in [1.165, 1.54) is 5.56 Å². The smallest absolute Gasteiger partial charge is 0.247 e. The molecule has 0 unspecified atom stereocenters. The van der Waals surface area contributed by atoms with Crippen molar-refractivity contribution in [3.63, 3.8) is 0 Å². The predicted molar refractivity (Wildman–Crippen MR) is 70.4 cm³/mol. The predicted octanol–water partition coefficient (Wildman–Crippen LogP) is 1.33. The van der Waals surface area contributed by atoms with Crippen LogP contribution in [-0.2, 0) is 16.1 Å². The number of morpholine rings is 1.